The number of alkyl halides is 3. The predicted octanol–water partition coefficient (Wildman–Crippen LogP) is 6.66. The van der Waals surface area contributed by atoms with Crippen molar-refractivity contribution >= 4 is 29.5 Å². The summed E-state index contributed by atoms with van der Waals surface area (Å²) in [5.74, 6) is -2.19. The lowest BCUT2D eigenvalue weighted by Gasteiger charge is -2.29. The van der Waals surface area contributed by atoms with Crippen LogP contribution in [0.25, 0.3) is 0 Å². The SMILES string of the molecule is CCC.CNSC.COc1cc(C(=O)NC2CCN(C)CC2)c(F)cc1Nc1ncc(C(F)(F)F)c(OC2Cc3ccccc3C2)n1. The lowest BCUT2D eigenvalue weighted by Crippen LogP contribution is -2.43. The van der Waals surface area contributed by atoms with Gasteiger partial charge in [0.15, 0.2) is 0 Å². The number of ether oxygens (including phenoxy) is 2. The van der Waals surface area contributed by atoms with Crippen molar-refractivity contribution in [2.24, 2.45) is 0 Å². The van der Waals surface area contributed by atoms with E-state index in [1.807, 2.05) is 44.6 Å². The first kappa shape index (κ1) is 37.8. The van der Waals surface area contributed by atoms with Crippen LogP contribution in [0.1, 0.15) is 60.2 Å². The Hall–Kier alpha value is -3.62. The zero-order valence-electron chi connectivity index (χ0n) is 27.6. The minimum Gasteiger partial charge on any atom is -0.495 e. The molecule has 0 spiro atoms. The molecule has 0 saturated carbocycles. The van der Waals surface area contributed by atoms with E-state index in [1.54, 1.807) is 11.9 Å². The van der Waals surface area contributed by atoms with Gasteiger partial charge in [-0.2, -0.15) is 18.2 Å². The minimum atomic E-state index is -4.74. The monoisotopic (exact) mass is 680 g/mol. The summed E-state index contributed by atoms with van der Waals surface area (Å²) in [5.41, 5.74) is 0.727. The maximum absolute atomic E-state index is 15.1. The Labute approximate surface area is 278 Å². The summed E-state index contributed by atoms with van der Waals surface area (Å²) < 4.78 is 70.2. The summed E-state index contributed by atoms with van der Waals surface area (Å²) >= 11 is 1.61. The molecule has 0 unspecified atom stereocenters. The number of amides is 1. The van der Waals surface area contributed by atoms with E-state index in [0.29, 0.717) is 19.0 Å². The van der Waals surface area contributed by atoms with Gasteiger partial charge in [-0.05, 0) is 63.5 Å². The average Bonchev–Trinajstić information content (AvgIpc) is 3.44. The molecule has 2 heterocycles. The molecule has 1 saturated heterocycles. The molecule has 1 aliphatic carbocycles. The number of nitrogens with zero attached hydrogens (tertiary/aromatic N) is 3. The normalized spacial score (nSPS) is 15.0. The summed E-state index contributed by atoms with van der Waals surface area (Å²) in [7, 11) is 5.22. The van der Waals surface area contributed by atoms with Crippen LogP contribution in [0.4, 0.5) is 29.2 Å². The molecule has 1 fully saturated rings. The maximum Gasteiger partial charge on any atom is 0.423 e. The molecule has 0 radical (unpaired) electrons. The second-order valence-corrected chi connectivity index (χ2v) is 12.0. The fraction of sp³-hybridized carbons (Fsp3) is 0.485. The first-order valence-electron chi connectivity index (χ1n) is 15.4. The highest BCUT2D eigenvalue weighted by Gasteiger charge is 2.38. The Bertz CT molecular complexity index is 1430. The van der Waals surface area contributed by atoms with E-state index >= 15 is 4.39 Å². The maximum atomic E-state index is 15.1. The number of halogens is 4. The van der Waals surface area contributed by atoms with E-state index in [2.05, 4.69) is 44.1 Å². The molecule has 2 aromatic carbocycles. The van der Waals surface area contributed by atoms with E-state index in [4.69, 9.17) is 9.47 Å². The number of rotatable bonds is 8. The molecule has 5 rings (SSSR count). The number of anilines is 2. The van der Waals surface area contributed by atoms with E-state index in [1.165, 1.54) is 19.6 Å². The van der Waals surface area contributed by atoms with Crippen molar-refractivity contribution in [3.63, 3.8) is 0 Å². The second kappa shape index (κ2) is 18.1. The highest BCUT2D eigenvalue weighted by Crippen LogP contribution is 2.38. The fourth-order valence-electron chi connectivity index (χ4n) is 5.00. The zero-order valence-corrected chi connectivity index (χ0v) is 28.4. The standard InChI is InChI=1S/C28H29F4N5O3.C3H8.C2H7NS/c1-37-9-7-18(8-10-37)34-25(38)20-13-24(39-2)23(14-22(20)29)35-27-33-15-21(28(30,31)32)26(36-27)40-19-11-16-5-3-4-6-17(16)12-19;1-3-2;1-3-4-2/h3-6,13-15,18-19H,7-12H2,1-2H3,(H,34,38)(H,33,35,36);3H2,1-2H3;3H,1-2H3. The van der Waals surface area contributed by atoms with Gasteiger partial charge in [-0.3, -0.25) is 9.52 Å². The van der Waals surface area contributed by atoms with Crippen molar-refractivity contribution in [1.82, 2.24) is 24.9 Å². The minimum absolute atomic E-state index is 0.0369. The average molecular weight is 681 g/mol. The topological polar surface area (TPSA) is 101 Å². The Balaban J connectivity index is 0.000000784. The summed E-state index contributed by atoms with van der Waals surface area (Å²) in [5, 5.41) is 5.56. The smallest absolute Gasteiger partial charge is 0.423 e. The van der Waals surface area contributed by atoms with Gasteiger partial charge in [0.2, 0.25) is 11.8 Å². The van der Waals surface area contributed by atoms with E-state index < -0.39 is 35.4 Å². The zero-order chi connectivity index (χ0) is 34.6. The molecule has 1 aromatic heterocycles. The Morgan fingerprint density at radius 3 is 2.23 bits per heavy atom. The van der Waals surface area contributed by atoms with Gasteiger partial charge in [0.1, 0.15) is 23.2 Å². The molecule has 2 aliphatic rings. The predicted molar refractivity (Wildman–Crippen MR) is 178 cm³/mol. The van der Waals surface area contributed by atoms with Gasteiger partial charge in [0.25, 0.3) is 5.91 Å². The van der Waals surface area contributed by atoms with Crippen LogP contribution < -0.4 is 24.8 Å². The molecule has 47 heavy (non-hydrogen) atoms. The third-order valence-corrected chi connectivity index (χ3v) is 7.80. The van der Waals surface area contributed by atoms with Crippen molar-refractivity contribution in [3.8, 4) is 11.6 Å². The number of fused-ring (bicyclic) bond motifs is 1. The number of aromatic nitrogens is 2. The first-order chi connectivity index (χ1) is 22.4. The van der Waals surface area contributed by atoms with Gasteiger partial charge in [-0.15, -0.1) is 0 Å². The van der Waals surface area contributed by atoms with Crippen molar-refractivity contribution in [2.75, 3.05) is 45.9 Å². The largest absolute Gasteiger partial charge is 0.495 e. The molecule has 0 bridgehead atoms. The Morgan fingerprint density at radius 2 is 1.70 bits per heavy atom. The van der Waals surface area contributed by atoms with Gasteiger partial charge in [0.05, 0.1) is 18.4 Å². The number of benzene rings is 2. The molecule has 3 N–H and O–H groups in total. The quantitative estimate of drug-likeness (QED) is 0.178. The fourth-order valence-corrected chi connectivity index (χ4v) is 5.00. The molecule has 3 aromatic rings. The summed E-state index contributed by atoms with van der Waals surface area (Å²) in [6.45, 7) is 5.90. The van der Waals surface area contributed by atoms with Crippen LogP contribution in [0.2, 0.25) is 0 Å². The number of carbonyl (C=O) groups excluding carboxylic acids is 1. The van der Waals surface area contributed by atoms with E-state index in [9.17, 15) is 18.0 Å². The molecule has 258 valence electrons. The van der Waals surface area contributed by atoms with Crippen molar-refractivity contribution in [1.29, 1.82) is 0 Å². The molecule has 0 atom stereocenters. The van der Waals surface area contributed by atoms with Crippen LogP contribution in [-0.4, -0.2) is 73.5 Å². The number of carbonyl (C=O) groups is 1. The molecule has 1 aliphatic heterocycles. The van der Waals surface area contributed by atoms with Gasteiger partial charge in [-0.1, -0.05) is 56.5 Å². The van der Waals surface area contributed by atoms with Crippen molar-refractivity contribution in [2.45, 2.75) is 64.3 Å². The van der Waals surface area contributed by atoms with Crippen LogP contribution in [0.15, 0.2) is 42.6 Å². The summed E-state index contributed by atoms with van der Waals surface area (Å²) in [6, 6.07) is 9.75. The summed E-state index contributed by atoms with van der Waals surface area (Å²) in [6.07, 6.45) is 0.980. The number of likely N-dealkylation sites (tertiary alicyclic amines) is 1. The molecule has 1 amide bonds. The third kappa shape index (κ3) is 11.0. The van der Waals surface area contributed by atoms with E-state index in [-0.39, 0.29) is 29.0 Å². The van der Waals surface area contributed by atoms with E-state index in [0.717, 1.165) is 43.1 Å². The molecule has 9 nitrogen and oxygen atoms in total. The van der Waals surface area contributed by atoms with Gasteiger partial charge in [0, 0.05) is 31.1 Å². The van der Waals surface area contributed by atoms with Crippen molar-refractivity contribution in [3.05, 3.63) is 70.7 Å². The number of hydrogen-bond donors (Lipinski definition) is 3. The summed E-state index contributed by atoms with van der Waals surface area (Å²) in [4.78, 5) is 22.7. The van der Waals surface area contributed by atoms with Gasteiger partial charge in [-0.25, -0.2) is 9.37 Å². The Kier molecular flexibility index (Phi) is 14.5. The Morgan fingerprint density at radius 1 is 1.11 bits per heavy atom. The van der Waals surface area contributed by atoms with Crippen LogP contribution in [0, 0.1) is 5.82 Å². The van der Waals surface area contributed by atoms with Crippen molar-refractivity contribution < 1.29 is 31.8 Å². The van der Waals surface area contributed by atoms with Crippen LogP contribution >= 0.6 is 11.9 Å². The molecule has 14 heteroatoms. The number of methoxy groups -OCH3 is 1. The highest BCUT2D eigenvalue weighted by molar-refractivity contribution is 7.96. The third-order valence-electron chi connectivity index (χ3n) is 7.39. The van der Waals surface area contributed by atoms with Crippen LogP contribution in [0.3, 0.4) is 0 Å². The number of hydrogen-bond acceptors (Lipinski definition) is 9. The van der Waals surface area contributed by atoms with Gasteiger partial charge >= 0.3 is 6.18 Å². The molecular weight excluding hydrogens is 636 g/mol. The van der Waals surface area contributed by atoms with Gasteiger partial charge < -0.3 is 25.0 Å². The number of piperidine rings is 1. The van der Waals surface area contributed by atoms with Crippen LogP contribution in [0.5, 0.6) is 11.6 Å². The highest BCUT2D eigenvalue weighted by atomic mass is 32.2. The van der Waals surface area contributed by atoms with Crippen LogP contribution in [-0.2, 0) is 19.0 Å². The molecular formula is C33H44F4N6O3S. The first-order valence-corrected chi connectivity index (χ1v) is 16.7. The number of nitrogens with one attached hydrogen (secondary N) is 3. The lowest BCUT2D eigenvalue weighted by atomic mass is 10.0. The lowest BCUT2D eigenvalue weighted by molar-refractivity contribution is -0.139. The second-order valence-electron chi connectivity index (χ2n) is 11.2.